The Kier molecular flexibility index (Phi) is 5.42. The van der Waals surface area contributed by atoms with Crippen LogP contribution in [0.1, 0.15) is 31.2 Å². The number of halogens is 1. The fourth-order valence-electron chi connectivity index (χ4n) is 2.72. The van der Waals surface area contributed by atoms with Crippen molar-refractivity contribution in [2.75, 3.05) is 19.8 Å². The van der Waals surface area contributed by atoms with Crippen LogP contribution in [0, 0.1) is 12.8 Å². The summed E-state index contributed by atoms with van der Waals surface area (Å²) in [6.07, 6.45) is 3.33. The van der Waals surface area contributed by atoms with Gasteiger partial charge in [-0.15, -0.1) is 0 Å². The van der Waals surface area contributed by atoms with Gasteiger partial charge in [-0.3, -0.25) is 4.68 Å². The van der Waals surface area contributed by atoms with Crippen LogP contribution >= 0.6 is 15.9 Å². The zero-order chi connectivity index (χ0) is 13.8. The third-order valence-electron chi connectivity index (χ3n) is 3.87. The molecule has 1 aliphatic heterocycles. The van der Waals surface area contributed by atoms with Crippen LogP contribution in [0.3, 0.4) is 0 Å². The van der Waals surface area contributed by atoms with E-state index in [1.165, 1.54) is 5.69 Å². The zero-order valence-corrected chi connectivity index (χ0v) is 13.7. The van der Waals surface area contributed by atoms with Crippen LogP contribution in [0.5, 0.6) is 0 Å². The van der Waals surface area contributed by atoms with E-state index in [4.69, 9.17) is 4.74 Å². The van der Waals surface area contributed by atoms with E-state index in [9.17, 15) is 0 Å². The highest BCUT2D eigenvalue weighted by molar-refractivity contribution is 9.10. The lowest BCUT2D eigenvalue weighted by atomic mass is 9.94. The molecule has 108 valence electrons. The summed E-state index contributed by atoms with van der Waals surface area (Å²) in [6.45, 7) is 7.10. The molecule has 2 heterocycles. The Hall–Kier alpha value is -0.390. The molecule has 1 saturated heterocycles. The molecular formula is C14H24BrN3O. The molecule has 0 aliphatic carbocycles. The van der Waals surface area contributed by atoms with Crippen molar-refractivity contribution in [1.82, 2.24) is 15.1 Å². The van der Waals surface area contributed by atoms with Gasteiger partial charge in [0.25, 0.3) is 0 Å². The number of hydrogen-bond acceptors (Lipinski definition) is 3. The van der Waals surface area contributed by atoms with Crippen molar-refractivity contribution in [1.29, 1.82) is 0 Å². The maximum atomic E-state index is 5.55. The van der Waals surface area contributed by atoms with E-state index in [0.29, 0.717) is 12.0 Å². The molecule has 5 heteroatoms. The number of nitrogens with one attached hydrogen (secondary N) is 1. The Morgan fingerprint density at radius 1 is 1.58 bits per heavy atom. The van der Waals surface area contributed by atoms with Crippen molar-refractivity contribution in [3.8, 4) is 0 Å². The predicted molar refractivity (Wildman–Crippen MR) is 80.4 cm³/mol. The van der Waals surface area contributed by atoms with E-state index in [-0.39, 0.29) is 0 Å². The molecule has 1 N–H and O–H groups in total. The van der Waals surface area contributed by atoms with Gasteiger partial charge < -0.3 is 10.1 Å². The summed E-state index contributed by atoms with van der Waals surface area (Å²) >= 11 is 3.66. The van der Waals surface area contributed by atoms with Gasteiger partial charge in [0.1, 0.15) is 0 Å². The minimum absolute atomic E-state index is 0.480. The maximum Gasteiger partial charge on any atom is 0.0738 e. The number of nitrogens with zero attached hydrogens (tertiary/aromatic N) is 2. The Morgan fingerprint density at radius 2 is 2.37 bits per heavy atom. The number of hydrogen-bond donors (Lipinski definition) is 1. The van der Waals surface area contributed by atoms with Gasteiger partial charge in [0.05, 0.1) is 22.5 Å². The fourth-order valence-corrected chi connectivity index (χ4v) is 3.21. The van der Waals surface area contributed by atoms with Crippen molar-refractivity contribution < 1.29 is 4.74 Å². The molecule has 0 amide bonds. The van der Waals surface area contributed by atoms with Gasteiger partial charge in [0.2, 0.25) is 0 Å². The molecule has 1 aromatic rings. The van der Waals surface area contributed by atoms with E-state index in [2.05, 4.69) is 33.3 Å². The van der Waals surface area contributed by atoms with Crippen molar-refractivity contribution in [2.45, 2.75) is 39.2 Å². The maximum absolute atomic E-state index is 5.55. The summed E-state index contributed by atoms with van der Waals surface area (Å²) in [5.74, 6) is 0.619. The SMILES string of the molecule is CCCNC(Cc1c(Br)c(C)nn1C)C1CCOC1. The second-order valence-electron chi connectivity index (χ2n) is 5.36. The molecule has 2 rings (SSSR count). The summed E-state index contributed by atoms with van der Waals surface area (Å²) in [5, 5.41) is 8.16. The van der Waals surface area contributed by atoms with Gasteiger partial charge in [-0.2, -0.15) is 5.10 Å². The molecule has 2 atom stereocenters. The Labute approximate surface area is 124 Å². The predicted octanol–water partition coefficient (Wildman–Crippen LogP) is 2.44. The van der Waals surface area contributed by atoms with Crippen LogP contribution in [-0.2, 0) is 18.2 Å². The molecule has 1 aromatic heterocycles. The topological polar surface area (TPSA) is 39.1 Å². The highest BCUT2D eigenvalue weighted by Gasteiger charge is 2.27. The first-order chi connectivity index (χ1) is 9.13. The summed E-state index contributed by atoms with van der Waals surface area (Å²) in [4.78, 5) is 0. The van der Waals surface area contributed by atoms with Gasteiger partial charge in [-0.25, -0.2) is 0 Å². The van der Waals surface area contributed by atoms with Crippen molar-refractivity contribution >= 4 is 15.9 Å². The van der Waals surface area contributed by atoms with Crippen LogP contribution in [0.15, 0.2) is 4.47 Å². The van der Waals surface area contributed by atoms with Gasteiger partial charge in [-0.1, -0.05) is 6.92 Å². The quantitative estimate of drug-likeness (QED) is 0.871. The van der Waals surface area contributed by atoms with E-state index in [0.717, 1.165) is 49.2 Å². The highest BCUT2D eigenvalue weighted by Crippen LogP contribution is 2.25. The van der Waals surface area contributed by atoms with Crippen molar-refractivity contribution in [3.63, 3.8) is 0 Å². The van der Waals surface area contributed by atoms with E-state index < -0.39 is 0 Å². The molecule has 0 spiro atoms. The average Bonchev–Trinajstić information content (AvgIpc) is 2.98. The summed E-state index contributed by atoms with van der Waals surface area (Å²) in [5.41, 5.74) is 2.34. The molecule has 4 nitrogen and oxygen atoms in total. The van der Waals surface area contributed by atoms with Gasteiger partial charge in [0.15, 0.2) is 0 Å². The van der Waals surface area contributed by atoms with Gasteiger partial charge >= 0.3 is 0 Å². The highest BCUT2D eigenvalue weighted by atomic mass is 79.9. The van der Waals surface area contributed by atoms with Gasteiger partial charge in [-0.05, 0) is 42.2 Å². The number of aryl methyl sites for hydroxylation is 2. The molecule has 19 heavy (non-hydrogen) atoms. The lowest BCUT2D eigenvalue weighted by Gasteiger charge is -2.24. The van der Waals surface area contributed by atoms with Crippen LogP contribution in [0.2, 0.25) is 0 Å². The second-order valence-corrected chi connectivity index (χ2v) is 6.15. The zero-order valence-electron chi connectivity index (χ0n) is 12.1. The molecular weight excluding hydrogens is 306 g/mol. The average molecular weight is 330 g/mol. The van der Waals surface area contributed by atoms with Crippen molar-refractivity contribution in [2.24, 2.45) is 13.0 Å². The first kappa shape index (κ1) is 15.0. The third-order valence-corrected chi connectivity index (χ3v) is 4.90. The summed E-state index contributed by atoms with van der Waals surface area (Å²) < 4.78 is 8.69. The van der Waals surface area contributed by atoms with E-state index >= 15 is 0 Å². The summed E-state index contributed by atoms with van der Waals surface area (Å²) in [7, 11) is 2.02. The normalized spacial score (nSPS) is 20.9. The minimum atomic E-state index is 0.480. The van der Waals surface area contributed by atoms with Crippen LogP contribution in [0.4, 0.5) is 0 Å². The Morgan fingerprint density at radius 3 is 2.89 bits per heavy atom. The minimum Gasteiger partial charge on any atom is -0.381 e. The lowest BCUT2D eigenvalue weighted by molar-refractivity contribution is 0.176. The third kappa shape index (κ3) is 3.58. The molecule has 2 unspecified atom stereocenters. The van der Waals surface area contributed by atoms with Crippen LogP contribution < -0.4 is 5.32 Å². The molecule has 0 aromatic carbocycles. The molecule has 0 radical (unpaired) electrons. The van der Waals surface area contributed by atoms with Crippen LogP contribution in [-0.4, -0.2) is 35.6 Å². The lowest BCUT2D eigenvalue weighted by Crippen LogP contribution is -2.39. The monoisotopic (exact) mass is 329 g/mol. The number of rotatable bonds is 6. The first-order valence-corrected chi connectivity index (χ1v) is 7.91. The smallest absolute Gasteiger partial charge is 0.0738 e. The van der Waals surface area contributed by atoms with Gasteiger partial charge in [0, 0.05) is 32.0 Å². The molecule has 1 aliphatic rings. The van der Waals surface area contributed by atoms with Crippen molar-refractivity contribution in [3.05, 3.63) is 15.9 Å². The van der Waals surface area contributed by atoms with E-state index in [1.807, 2.05) is 18.7 Å². The largest absolute Gasteiger partial charge is 0.381 e. The second kappa shape index (κ2) is 6.86. The number of aromatic nitrogens is 2. The fraction of sp³-hybridized carbons (Fsp3) is 0.786. The molecule has 0 bridgehead atoms. The van der Waals surface area contributed by atoms with Crippen LogP contribution in [0.25, 0.3) is 0 Å². The summed E-state index contributed by atoms with van der Waals surface area (Å²) in [6, 6.07) is 0.480. The first-order valence-electron chi connectivity index (χ1n) is 7.12. The molecule has 0 saturated carbocycles. The number of ether oxygens (including phenoxy) is 1. The Bertz CT molecular complexity index is 413. The standard InChI is InChI=1S/C14H24BrN3O/c1-4-6-16-12(11-5-7-19-9-11)8-13-14(15)10(2)17-18(13)3/h11-12,16H,4-9H2,1-3H3. The molecule has 1 fully saturated rings. The van der Waals surface area contributed by atoms with E-state index in [1.54, 1.807) is 0 Å². The Balaban J connectivity index is 2.09.